The Kier molecular flexibility index (Phi) is 3.30. The highest BCUT2D eigenvalue weighted by atomic mass is 32.1. The van der Waals surface area contributed by atoms with Crippen molar-refractivity contribution in [1.29, 1.82) is 0 Å². The van der Waals surface area contributed by atoms with Crippen LogP contribution in [0.25, 0.3) is 0 Å². The van der Waals surface area contributed by atoms with E-state index in [4.69, 9.17) is 0 Å². The molecule has 4 nitrogen and oxygen atoms in total. The van der Waals surface area contributed by atoms with Crippen LogP contribution in [0.5, 0.6) is 5.75 Å². The number of rotatable bonds is 2. The lowest BCUT2D eigenvalue weighted by atomic mass is 10.2. The lowest BCUT2D eigenvalue weighted by Crippen LogP contribution is -2.18. The van der Waals surface area contributed by atoms with Gasteiger partial charge in [-0.25, -0.2) is 4.79 Å². The number of anilines is 2. The molecule has 3 N–H and O–H groups in total. The first-order chi connectivity index (χ1) is 8.15. The predicted molar refractivity (Wildman–Crippen MR) is 69.8 cm³/mol. The minimum Gasteiger partial charge on any atom is -0.506 e. The molecule has 0 saturated heterocycles. The largest absolute Gasteiger partial charge is 0.506 e. The van der Waals surface area contributed by atoms with Crippen molar-refractivity contribution in [3.05, 3.63) is 41.3 Å². The maximum absolute atomic E-state index is 11.6. The Morgan fingerprint density at radius 1 is 1.29 bits per heavy atom. The van der Waals surface area contributed by atoms with Gasteiger partial charge in [0, 0.05) is 0 Å². The number of thiophene rings is 1. The van der Waals surface area contributed by atoms with Crippen LogP contribution in [0.2, 0.25) is 0 Å². The third kappa shape index (κ3) is 2.98. The van der Waals surface area contributed by atoms with Crippen LogP contribution in [-0.4, -0.2) is 11.1 Å². The standard InChI is InChI=1S/C12H12N2O2S/c1-8-4-5-10(15)9(7-8)13-12(16)14-11-3-2-6-17-11/h2-7,15H,1H3,(H2,13,14,16). The minimum absolute atomic E-state index is 0.0527. The molecule has 0 fully saturated rings. The van der Waals surface area contributed by atoms with Crippen LogP contribution in [0.1, 0.15) is 5.56 Å². The average molecular weight is 248 g/mol. The molecule has 0 radical (unpaired) electrons. The van der Waals surface area contributed by atoms with E-state index in [0.717, 1.165) is 10.6 Å². The van der Waals surface area contributed by atoms with Crippen LogP contribution < -0.4 is 10.6 Å². The van der Waals surface area contributed by atoms with Gasteiger partial charge in [0.25, 0.3) is 0 Å². The monoisotopic (exact) mass is 248 g/mol. The molecule has 17 heavy (non-hydrogen) atoms. The molecule has 0 aliphatic heterocycles. The van der Waals surface area contributed by atoms with E-state index in [0.29, 0.717) is 5.69 Å². The summed E-state index contributed by atoms with van der Waals surface area (Å²) in [5.41, 5.74) is 1.37. The number of benzene rings is 1. The van der Waals surface area contributed by atoms with Gasteiger partial charge in [0.05, 0.1) is 10.7 Å². The van der Waals surface area contributed by atoms with Gasteiger partial charge in [0.2, 0.25) is 0 Å². The van der Waals surface area contributed by atoms with E-state index in [-0.39, 0.29) is 11.8 Å². The zero-order valence-corrected chi connectivity index (χ0v) is 10.0. The van der Waals surface area contributed by atoms with E-state index in [1.54, 1.807) is 24.3 Å². The number of phenols is 1. The van der Waals surface area contributed by atoms with E-state index in [1.165, 1.54) is 11.3 Å². The molecule has 5 heteroatoms. The van der Waals surface area contributed by atoms with Crippen LogP contribution in [0.15, 0.2) is 35.7 Å². The van der Waals surface area contributed by atoms with Crippen molar-refractivity contribution in [2.75, 3.05) is 10.6 Å². The SMILES string of the molecule is Cc1ccc(O)c(NC(=O)Nc2cccs2)c1. The summed E-state index contributed by atoms with van der Waals surface area (Å²) in [7, 11) is 0. The first-order valence-electron chi connectivity index (χ1n) is 5.06. The number of hydrogen-bond acceptors (Lipinski definition) is 3. The summed E-state index contributed by atoms with van der Waals surface area (Å²) in [4.78, 5) is 11.6. The van der Waals surface area contributed by atoms with Crippen LogP contribution >= 0.6 is 11.3 Å². The highest BCUT2D eigenvalue weighted by Crippen LogP contribution is 2.24. The highest BCUT2D eigenvalue weighted by Gasteiger charge is 2.06. The van der Waals surface area contributed by atoms with E-state index >= 15 is 0 Å². The zero-order chi connectivity index (χ0) is 12.3. The Balaban J connectivity index is 2.05. The molecule has 88 valence electrons. The van der Waals surface area contributed by atoms with Crippen molar-refractivity contribution in [3.63, 3.8) is 0 Å². The van der Waals surface area contributed by atoms with Crippen molar-refractivity contribution < 1.29 is 9.90 Å². The molecule has 2 amide bonds. The second kappa shape index (κ2) is 4.88. The van der Waals surface area contributed by atoms with Gasteiger partial charge >= 0.3 is 6.03 Å². The van der Waals surface area contributed by atoms with E-state index in [9.17, 15) is 9.90 Å². The van der Waals surface area contributed by atoms with Crippen molar-refractivity contribution >= 4 is 28.1 Å². The number of hydrogen-bond donors (Lipinski definition) is 3. The maximum Gasteiger partial charge on any atom is 0.324 e. The van der Waals surface area contributed by atoms with Gasteiger partial charge < -0.3 is 10.4 Å². The molecule has 1 aromatic heterocycles. The molecule has 0 atom stereocenters. The molecular formula is C12H12N2O2S. The molecule has 0 aliphatic rings. The van der Waals surface area contributed by atoms with Gasteiger partial charge in [-0.1, -0.05) is 6.07 Å². The summed E-state index contributed by atoms with van der Waals surface area (Å²) in [6, 6.07) is 8.33. The molecule has 1 aromatic carbocycles. The molecule has 2 aromatic rings. The summed E-state index contributed by atoms with van der Waals surface area (Å²) in [6.45, 7) is 1.89. The fraction of sp³-hybridized carbons (Fsp3) is 0.0833. The second-order valence-corrected chi connectivity index (χ2v) is 4.52. The summed E-state index contributed by atoms with van der Waals surface area (Å²) in [5, 5.41) is 17.5. The summed E-state index contributed by atoms with van der Waals surface area (Å²) < 4.78 is 0. The lowest BCUT2D eigenvalue weighted by molar-refractivity contribution is 0.262. The van der Waals surface area contributed by atoms with Crippen LogP contribution in [0, 0.1) is 6.92 Å². The normalized spacial score (nSPS) is 9.94. The lowest BCUT2D eigenvalue weighted by Gasteiger charge is -2.08. The number of aromatic hydroxyl groups is 1. The van der Waals surface area contributed by atoms with Crippen LogP contribution in [0.4, 0.5) is 15.5 Å². The van der Waals surface area contributed by atoms with E-state index in [2.05, 4.69) is 10.6 Å². The zero-order valence-electron chi connectivity index (χ0n) is 9.23. The third-order valence-electron chi connectivity index (χ3n) is 2.16. The fourth-order valence-electron chi connectivity index (χ4n) is 1.37. The number of aryl methyl sites for hydroxylation is 1. The van der Waals surface area contributed by atoms with Gasteiger partial charge in [0.1, 0.15) is 5.75 Å². The van der Waals surface area contributed by atoms with Crippen molar-refractivity contribution in [1.82, 2.24) is 0 Å². The number of carbonyl (C=O) groups excluding carboxylic acids is 1. The Morgan fingerprint density at radius 3 is 2.82 bits per heavy atom. The first kappa shape index (κ1) is 11.5. The first-order valence-corrected chi connectivity index (χ1v) is 5.94. The Labute approximate surface area is 103 Å². The second-order valence-electron chi connectivity index (χ2n) is 3.58. The van der Waals surface area contributed by atoms with Crippen LogP contribution in [0.3, 0.4) is 0 Å². The van der Waals surface area contributed by atoms with Gasteiger partial charge in [-0.05, 0) is 42.1 Å². The quantitative estimate of drug-likeness (QED) is 0.713. The Hall–Kier alpha value is -2.01. The fourth-order valence-corrected chi connectivity index (χ4v) is 1.98. The number of carbonyl (C=O) groups is 1. The number of amides is 2. The topological polar surface area (TPSA) is 61.4 Å². The summed E-state index contributed by atoms with van der Waals surface area (Å²) >= 11 is 1.43. The molecule has 0 unspecified atom stereocenters. The predicted octanol–water partition coefficient (Wildman–Crippen LogP) is 3.41. The third-order valence-corrected chi connectivity index (χ3v) is 2.94. The average Bonchev–Trinajstić information content (AvgIpc) is 2.76. The minimum atomic E-state index is -0.367. The molecule has 2 rings (SSSR count). The van der Waals surface area contributed by atoms with Crippen molar-refractivity contribution in [2.24, 2.45) is 0 Å². The van der Waals surface area contributed by atoms with Gasteiger partial charge in [-0.2, -0.15) is 0 Å². The highest BCUT2D eigenvalue weighted by molar-refractivity contribution is 7.14. The van der Waals surface area contributed by atoms with E-state index < -0.39 is 0 Å². The molecule has 0 spiro atoms. The number of urea groups is 1. The van der Waals surface area contributed by atoms with Gasteiger partial charge in [-0.15, -0.1) is 11.3 Å². The summed E-state index contributed by atoms with van der Waals surface area (Å²) in [6.07, 6.45) is 0. The van der Waals surface area contributed by atoms with E-state index in [1.807, 2.05) is 18.4 Å². The molecule has 0 aliphatic carbocycles. The molecular weight excluding hydrogens is 236 g/mol. The molecule has 0 saturated carbocycles. The Bertz CT molecular complexity index is 523. The molecule has 1 heterocycles. The van der Waals surface area contributed by atoms with Gasteiger partial charge in [-0.3, -0.25) is 5.32 Å². The number of phenolic OH excluding ortho intramolecular Hbond substituents is 1. The van der Waals surface area contributed by atoms with Crippen molar-refractivity contribution in [3.8, 4) is 5.75 Å². The molecule has 0 bridgehead atoms. The summed E-state index contributed by atoms with van der Waals surface area (Å²) in [5.74, 6) is 0.0527. The maximum atomic E-state index is 11.6. The number of nitrogens with one attached hydrogen (secondary N) is 2. The van der Waals surface area contributed by atoms with Gasteiger partial charge in [0.15, 0.2) is 0 Å². The van der Waals surface area contributed by atoms with Crippen LogP contribution in [-0.2, 0) is 0 Å². The van der Waals surface area contributed by atoms with Crippen molar-refractivity contribution in [2.45, 2.75) is 6.92 Å². The Morgan fingerprint density at radius 2 is 2.12 bits per heavy atom. The smallest absolute Gasteiger partial charge is 0.324 e.